The van der Waals surface area contributed by atoms with E-state index in [4.69, 9.17) is 16.3 Å². The zero-order chi connectivity index (χ0) is 20.4. The van der Waals surface area contributed by atoms with Crippen LogP contribution in [0.15, 0.2) is 18.2 Å². The van der Waals surface area contributed by atoms with Gasteiger partial charge in [-0.1, -0.05) is 18.5 Å². The van der Waals surface area contributed by atoms with Crippen molar-refractivity contribution in [2.75, 3.05) is 11.9 Å². The maximum atomic E-state index is 12.8. The van der Waals surface area contributed by atoms with Gasteiger partial charge in [0.25, 0.3) is 11.6 Å². The highest BCUT2D eigenvalue weighted by atomic mass is 35.5. The molecule has 148 valence electrons. The van der Waals surface area contributed by atoms with Crippen LogP contribution in [-0.4, -0.2) is 23.4 Å². The van der Waals surface area contributed by atoms with E-state index in [-0.39, 0.29) is 23.1 Å². The Kier molecular flexibility index (Phi) is 6.00. The highest BCUT2D eigenvalue weighted by molar-refractivity contribution is 7.17. The molecule has 1 atom stereocenters. The minimum absolute atomic E-state index is 0.122. The van der Waals surface area contributed by atoms with Crippen molar-refractivity contribution in [1.82, 2.24) is 0 Å². The van der Waals surface area contributed by atoms with Crippen molar-refractivity contribution in [3.8, 4) is 0 Å². The molecule has 1 aliphatic rings. The smallest absolute Gasteiger partial charge is 0.341 e. The number of nitro groups is 1. The second kappa shape index (κ2) is 8.28. The minimum Gasteiger partial charge on any atom is -0.462 e. The maximum Gasteiger partial charge on any atom is 0.341 e. The highest BCUT2D eigenvalue weighted by Gasteiger charge is 2.31. The number of fused-ring (bicyclic) bond motifs is 1. The van der Waals surface area contributed by atoms with E-state index < -0.39 is 22.5 Å². The summed E-state index contributed by atoms with van der Waals surface area (Å²) >= 11 is 7.15. The molecule has 2 aromatic rings. The molecule has 9 heteroatoms. The number of halogens is 1. The second-order valence-electron chi connectivity index (χ2n) is 6.53. The molecule has 1 N–H and O–H groups in total. The van der Waals surface area contributed by atoms with Crippen molar-refractivity contribution in [3.05, 3.63) is 54.9 Å². The lowest BCUT2D eigenvalue weighted by Crippen LogP contribution is -2.17. The van der Waals surface area contributed by atoms with Crippen LogP contribution < -0.4 is 5.32 Å². The molecule has 3 rings (SSSR count). The SMILES string of the molecule is CCOC(=O)c1c(NC(=O)c2ccc(Cl)cc2[N+](=O)[O-])sc2c1C(C)CCC2. The third-order valence-electron chi connectivity index (χ3n) is 4.66. The number of carbonyl (C=O) groups excluding carboxylic acids is 2. The molecule has 0 fully saturated rings. The van der Waals surface area contributed by atoms with Gasteiger partial charge in [0.15, 0.2) is 0 Å². The van der Waals surface area contributed by atoms with Gasteiger partial charge < -0.3 is 10.1 Å². The lowest BCUT2D eigenvalue weighted by atomic mass is 9.86. The fraction of sp³-hybridized carbons (Fsp3) is 0.368. The number of nitrogens with zero attached hydrogens (tertiary/aromatic N) is 1. The Morgan fingerprint density at radius 1 is 1.43 bits per heavy atom. The Bertz CT molecular complexity index is 956. The number of thiophene rings is 1. The molecule has 1 unspecified atom stereocenters. The summed E-state index contributed by atoms with van der Waals surface area (Å²) in [6.45, 7) is 3.98. The zero-order valence-corrected chi connectivity index (χ0v) is 17.0. The summed E-state index contributed by atoms with van der Waals surface area (Å²) in [7, 11) is 0. The fourth-order valence-electron chi connectivity index (χ4n) is 3.42. The molecule has 1 amide bonds. The molecule has 0 saturated heterocycles. The number of hydrogen-bond donors (Lipinski definition) is 1. The summed E-state index contributed by atoms with van der Waals surface area (Å²) in [5.74, 6) is -0.982. The Morgan fingerprint density at radius 2 is 2.18 bits per heavy atom. The van der Waals surface area contributed by atoms with Gasteiger partial charge in [0.2, 0.25) is 0 Å². The van der Waals surface area contributed by atoms with E-state index >= 15 is 0 Å². The summed E-state index contributed by atoms with van der Waals surface area (Å²) in [6.07, 6.45) is 2.78. The van der Waals surface area contributed by atoms with Crippen LogP contribution in [0.4, 0.5) is 10.7 Å². The zero-order valence-electron chi connectivity index (χ0n) is 15.4. The topological polar surface area (TPSA) is 98.5 Å². The van der Waals surface area contributed by atoms with Gasteiger partial charge >= 0.3 is 5.97 Å². The summed E-state index contributed by atoms with van der Waals surface area (Å²) in [4.78, 5) is 37.0. The maximum absolute atomic E-state index is 12.8. The first-order valence-corrected chi connectivity index (χ1v) is 10.1. The Balaban J connectivity index is 2.02. The predicted molar refractivity (Wildman–Crippen MR) is 108 cm³/mol. The first-order chi connectivity index (χ1) is 13.3. The molecule has 7 nitrogen and oxygen atoms in total. The number of carbonyl (C=O) groups is 2. The van der Waals surface area contributed by atoms with Crippen LogP contribution in [0.5, 0.6) is 0 Å². The number of aryl methyl sites for hydroxylation is 1. The molecule has 28 heavy (non-hydrogen) atoms. The summed E-state index contributed by atoms with van der Waals surface area (Å²) < 4.78 is 5.20. The number of nitro benzene ring substituents is 1. The minimum atomic E-state index is -0.667. The number of rotatable bonds is 5. The van der Waals surface area contributed by atoms with Gasteiger partial charge in [0.1, 0.15) is 10.6 Å². The highest BCUT2D eigenvalue weighted by Crippen LogP contribution is 2.44. The standard InChI is InChI=1S/C19H19ClN2O5S/c1-3-27-19(24)16-15-10(2)5-4-6-14(15)28-18(16)21-17(23)12-8-7-11(20)9-13(12)22(25)26/h7-10H,3-6H2,1-2H3,(H,21,23). The van der Waals surface area contributed by atoms with Crippen molar-refractivity contribution < 1.29 is 19.2 Å². The fourth-order valence-corrected chi connectivity index (χ4v) is 4.93. The van der Waals surface area contributed by atoms with Gasteiger partial charge in [-0.2, -0.15) is 0 Å². The molecule has 1 aliphatic carbocycles. The number of nitrogens with one attached hydrogen (secondary N) is 1. The van der Waals surface area contributed by atoms with E-state index in [0.29, 0.717) is 10.6 Å². The van der Waals surface area contributed by atoms with E-state index in [2.05, 4.69) is 5.32 Å². The Morgan fingerprint density at radius 3 is 2.86 bits per heavy atom. The van der Waals surface area contributed by atoms with E-state index in [9.17, 15) is 19.7 Å². The van der Waals surface area contributed by atoms with Gasteiger partial charge in [-0.15, -0.1) is 11.3 Å². The van der Waals surface area contributed by atoms with E-state index in [0.717, 1.165) is 35.8 Å². The van der Waals surface area contributed by atoms with Crippen LogP contribution >= 0.6 is 22.9 Å². The van der Waals surface area contributed by atoms with Crippen LogP contribution in [0.1, 0.15) is 63.8 Å². The monoisotopic (exact) mass is 422 g/mol. The van der Waals surface area contributed by atoms with Crippen molar-refractivity contribution >= 4 is 45.5 Å². The number of esters is 1. The largest absolute Gasteiger partial charge is 0.462 e. The number of anilines is 1. The van der Waals surface area contributed by atoms with Gasteiger partial charge in [-0.05, 0) is 49.8 Å². The predicted octanol–water partition coefficient (Wildman–Crippen LogP) is 5.18. The number of amides is 1. The summed E-state index contributed by atoms with van der Waals surface area (Å²) in [6, 6.07) is 3.84. The number of benzene rings is 1. The van der Waals surface area contributed by atoms with E-state index in [1.807, 2.05) is 6.92 Å². The molecule has 1 heterocycles. The van der Waals surface area contributed by atoms with Crippen LogP contribution in [-0.2, 0) is 11.2 Å². The molecule has 0 aliphatic heterocycles. The molecular formula is C19H19ClN2O5S. The van der Waals surface area contributed by atoms with Gasteiger partial charge in [-0.25, -0.2) is 4.79 Å². The Labute approximate surface area is 170 Å². The van der Waals surface area contributed by atoms with Gasteiger partial charge in [-0.3, -0.25) is 14.9 Å². The van der Waals surface area contributed by atoms with Crippen LogP contribution in [0.2, 0.25) is 5.02 Å². The third kappa shape index (κ3) is 3.88. The molecule has 0 spiro atoms. The van der Waals surface area contributed by atoms with E-state index in [1.54, 1.807) is 6.92 Å². The Hall–Kier alpha value is -2.45. The first-order valence-electron chi connectivity index (χ1n) is 8.91. The molecule has 1 aromatic carbocycles. The molecule has 1 aromatic heterocycles. The van der Waals surface area contributed by atoms with Crippen molar-refractivity contribution in [2.24, 2.45) is 0 Å². The molecular weight excluding hydrogens is 404 g/mol. The lowest BCUT2D eigenvalue weighted by molar-refractivity contribution is -0.385. The molecule has 0 saturated carbocycles. The van der Waals surface area contributed by atoms with Crippen LogP contribution in [0.3, 0.4) is 0 Å². The quantitative estimate of drug-likeness (QED) is 0.406. The van der Waals surface area contributed by atoms with Crippen molar-refractivity contribution in [1.29, 1.82) is 0 Å². The molecule has 0 radical (unpaired) electrons. The number of ether oxygens (including phenoxy) is 1. The third-order valence-corrected chi connectivity index (χ3v) is 6.08. The van der Waals surface area contributed by atoms with Crippen molar-refractivity contribution in [3.63, 3.8) is 0 Å². The van der Waals surface area contributed by atoms with E-state index in [1.165, 1.54) is 23.5 Å². The van der Waals surface area contributed by atoms with Gasteiger partial charge in [0, 0.05) is 16.0 Å². The molecule has 0 bridgehead atoms. The summed E-state index contributed by atoms with van der Waals surface area (Å²) in [5.41, 5.74) is 0.760. The average molecular weight is 423 g/mol. The second-order valence-corrected chi connectivity index (χ2v) is 8.07. The van der Waals surface area contributed by atoms with Crippen molar-refractivity contribution in [2.45, 2.75) is 39.0 Å². The first kappa shape index (κ1) is 20.3. The average Bonchev–Trinajstić information content (AvgIpc) is 3.01. The normalized spacial score (nSPS) is 15.6. The van der Waals surface area contributed by atoms with Crippen LogP contribution in [0.25, 0.3) is 0 Å². The van der Waals surface area contributed by atoms with Crippen LogP contribution in [0, 0.1) is 10.1 Å². The summed E-state index contributed by atoms with van der Waals surface area (Å²) in [5, 5.41) is 14.5. The van der Waals surface area contributed by atoms with Gasteiger partial charge in [0.05, 0.1) is 17.1 Å². The number of hydrogen-bond acceptors (Lipinski definition) is 6. The lowest BCUT2D eigenvalue weighted by Gasteiger charge is -2.19.